The summed E-state index contributed by atoms with van der Waals surface area (Å²) in [5.41, 5.74) is 4.72. The van der Waals surface area contributed by atoms with Crippen molar-refractivity contribution in [2.45, 2.75) is 19.9 Å². The summed E-state index contributed by atoms with van der Waals surface area (Å²) in [4.78, 5) is 22.0. The average Bonchev–Trinajstić information content (AvgIpc) is 3.13. The topological polar surface area (TPSA) is 79.5 Å². The zero-order valence-electron chi connectivity index (χ0n) is 15.9. The Morgan fingerprint density at radius 1 is 1.10 bits per heavy atom. The lowest BCUT2D eigenvalue weighted by atomic mass is 9.96. The summed E-state index contributed by atoms with van der Waals surface area (Å²) in [5.74, 6) is 0.552. The maximum Gasteiger partial charge on any atom is 0.343 e. The van der Waals surface area contributed by atoms with E-state index in [-0.39, 0.29) is 5.63 Å². The summed E-state index contributed by atoms with van der Waals surface area (Å²) in [6, 6.07) is 15.5. The maximum atomic E-state index is 12.5. The van der Waals surface area contributed by atoms with Crippen LogP contribution in [0, 0.1) is 13.8 Å². The van der Waals surface area contributed by atoms with E-state index < -0.39 is 6.04 Å². The van der Waals surface area contributed by atoms with Gasteiger partial charge in [0, 0.05) is 5.56 Å². The Morgan fingerprint density at radius 3 is 2.69 bits per heavy atom. The first-order chi connectivity index (χ1) is 14.1. The summed E-state index contributed by atoms with van der Waals surface area (Å²) < 4.78 is 6.33. The lowest BCUT2D eigenvalue weighted by Crippen LogP contribution is -2.31. The highest BCUT2D eigenvalue weighted by atomic mass is 32.1. The van der Waals surface area contributed by atoms with Crippen molar-refractivity contribution in [2.75, 3.05) is 10.6 Å². The van der Waals surface area contributed by atoms with Gasteiger partial charge in [-0.25, -0.2) is 14.8 Å². The van der Waals surface area contributed by atoms with Crippen molar-refractivity contribution in [3.05, 3.63) is 87.5 Å². The molecule has 1 atom stereocenters. The normalized spacial score (nSPS) is 15.5. The number of aryl methyl sites for hydroxylation is 2. The highest BCUT2D eigenvalue weighted by molar-refractivity contribution is 7.22. The fourth-order valence-electron chi connectivity index (χ4n) is 3.42. The van der Waals surface area contributed by atoms with Gasteiger partial charge in [0.1, 0.15) is 6.04 Å². The van der Waals surface area contributed by atoms with Gasteiger partial charge in [-0.15, -0.1) is 0 Å². The minimum absolute atomic E-state index is 0.383. The number of hydrogen-bond donors (Lipinski definition) is 2. The highest BCUT2D eigenvalue weighted by Gasteiger charge is 2.28. The van der Waals surface area contributed by atoms with Crippen LogP contribution in [0.2, 0.25) is 0 Å². The third-order valence-electron chi connectivity index (χ3n) is 4.91. The van der Waals surface area contributed by atoms with Gasteiger partial charge >= 0.3 is 5.63 Å². The Morgan fingerprint density at radius 2 is 1.90 bits per heavy atom. The van der Waals surface area contributed by atoms with Crippen LogP contribution >= 0.6 is 11.3 Å². The van der Waals surface area contributed by atoms with Gasteiger partial charge in [0.15, 0.2) is 5.13 Å². The Bertz CT molecular complexity index is 1270. The highest BCUT2D eigenvalue weighted by Crippen LogP contribution is 2.35. The van der Waals surface area contributed by atoms with Crippen molar-refractivity contribution in [1.82, 2.24) is 4.98 Å². The van der Waals surface area contributed by atoms with Gasteiger partial charge in [-0.2, -0.15) is 0 Å². The molecule has 0 bridgehead atoms. The van der Waals surface area contributed by atoms with Crippen LogP contribution in [0.1, 0.15) is 28.3 Å². The molecule has 4 aromatic rings. The van der Waals surface area contributed by atoms with Crippen LogP contribution in [0.4, 0.5) is 10.8 Å². The number of hydrogen-bond acceptors (Lipinski definition) is 7. The van der Waals surface area contributed by atoms with Crippen molar-refractivity contribution in [3.63, 3.8) is 0 Å². The van der Waals surface area contributed by atoms with Crippen LogP contribution in [0.5, 0.6) is 0 Å². The number of nitrogens with one attached hydrogen (secondary N) is 2. The first-order valence-corrected chi connectivity index (χ1v) is 10.1. The van der Waals surface area contributed by atoms with Crippen LogP contribution in [-0.4, -0.2) is 10.9 Å². The SMILES string of the molecule is Cc1ccc(C2N=C(Nc3nc4ccccc4s3)Nc3c(C)coc(=O)c32)cc1. The molecule has 0 saturated heterocycles. The molecule has 6 nitrogen and oxygen atoms in total. The number of benzene rings is 2. The molecule has 1 aliphatic heterocycles. The number of aliphatic imine (C=N–C) groups is 1. The predicted octanol–water partition coefficient (Wildman–Crippen LogP) is 4.85. The Labute approximate surface area is 171 Å². The zero-order chi connectivity index (χ0) is 20.0. The second-order valence-electron chi connectivity index (χ2n) is 7.02. The number of aromatic nitrogens is 1. The Kier molecular flexibility index (Phi) is 4.17. The number of fused-ring (bicyclic) bond motifs is 2. The van der Waals surface area contributed by atoms with Gasteiger partial charge in [0.25, 0.3) is 0 Å². The fourth-order valence-corrected chi connectivity index (χ4v) is 4.28. The summed E-state index contributed by atoms with van der Waals surface area (Å²) in [7, 11) is 0. The van der Waals surface area contributed by atoms with Gasteiger partial charge in [-0.3, -0.25) is 0 Å². The Balaban J connectivity index is 1.59. The molecule has 7 heteroatoms. The van der Waals surface area contributed by atoms with Gasteiger partial charge in [-0.1, -0.05) is 53.3 Å². The quantitative estimate of drug-likeness (QED) is 0.501. The standard InChI is InChI=1S/C22H18N4O2S/c1-12-7-9-14(10-8-12)19-17-18(13(2)11-28-20(17)27)24-21(25-19)26-22-23-15-5-3-4-6-16(15)29-22/h3-11,19H,1-2H3,(H2,23,24,25,26). The van der Waals surface area contributed by atoms with Gasteiger partial charge in [0.2, 0.25) is 5.96 Å². The van der Waals surface area contributed by atoms with E-state index in [4.69, 9.17) is 9.41 Å². The number of rotatable bonds is 2. The minimum atomic E-state index is -0.458. The van der Waals surface area contributed by atoms with E-state index in [0.29, 0.717) is 11.5 Å². The third-order valence-corrected chi connectivity index (χ3v) is 5.87. The fraction of sp³-hybridized carbons (Fsp3) is 0.136. The maximum absolute atomic E-state index is 12.5. The van der Waals surface area contributed by atoms with Crippen LogP contribution in [0.3, 0.4) is 0 Å². The number of thiazole rings is 1. The number of guanidine groups is 1. The monoisotopic (exact) mass is 402 g/mol. The van der Waals surface area contributed by atoms with Crippen molar-refractivity contribution in [3.8, 4) is 0 Å². The smallest absolute Gasteiger partial charge is 0.343 e. The summed E-state index contributed by atoms with van der Waals surface area (Å²) in [6.45, 7) is 3.93. The molecule has 3 heterocycles. The molecule has 2 N–H and O–H groups in total. The van der Waals surface area contributed by atoms with Crippen molar-refractivity contribution in [2.24, 2.45) is 4.99 Å². The molecule has 29 heavy (non-hydrogen) atoms. The van der Waals surface area contributed by atoms with Gasteiger partial charge in [0.05, 0.1) is 27.7 Å². The third kappa shape index (κ3) is 3.19. The lowest BCUT2D eigenvalue weighted by Gasteiger charge is -2.25. The summed E-state index contributed by atoms with van der Waals surface area (Å²) in [5, 5.41) is 7.28. The minimum Gasteiger partial charge on any atom is -0.431 e. The number of nitrogens with zero attached hydrogens (tertiary/aromatic N) is 2. The molecular formula is C22H18N4O2S. The number of anilines is 2. The average molecular weight is 402 g/mol. The van der Waals surface area contributed by atoms with E-state index in [0.717, 1.165) is 37.7 Å². The molecule has 0 saturated carbocycles. The van der Waals surface area contributed by atoms with Gasteiger partial charge in [-0.05, 0) is 31.5 Å². The molecule has 2 aromatic heterocycles. The summed E-state index contributed by atoms with van der Waals surface area (Å²) in [6.07, 6.45) is 1.47. The van der Waals surface area contributed by atoms with Gasteiger partial charge < -0.3 is 15.1 Å². The van der Waals surface area contributed by atoms with E-state index in [1.807, 2.05) is 62.4 Å². The molecule has 0 amide bonds. The molecule has 0 radical (unpaired) electrons. The Hall–Kier alpha value is -3.45. The van der Waals surface area contributed by atoms with E-state index in [2.05, 4.69) is 15.6 Å². The first-order valence-electron chi connectivity index (χ1n) is 9.25. The lowest BCUT2D eigenvalue weighted by molar-refractivity contribution is 0.494. The molecule has 1 unspecified atom stereocenters. The van der Waals surface area contributed by atoms with Crippen LogP contribution < -0.4 is 16.3 Å². The molecule has 2 aromatic carbocycles. The zero-order valence-corrected chi connectivity index (χ0v) is 16.7. The molecule has 144 valence electrons. The van der Waals surface area contributed by atoms with Crippen molar-refractivity contribution < 1.29 is 4.42 Å². The van der Waals surface area contributed by atoms with E-state index in [1.165, 1.54) is 6.26 Å². The van der Waals surface area contributed by atoms with Crippen molar-refractivity contribution >= 4 is 38.3 Å². The van der Waals surface area contributed by atoms with E-state index in [1.54, 1.807) is 11.3 Å². The molecule has 0 spiro atoms. The molecule has 0 aliphatic carbocycles. The molecule has 1 aliphatic rings. The molecular weight excluding hydrogens is 384 g/mol. The largest absolute Gasteiger partial charge is 0.431 e. The second-order valence-corrected chi connectivity index (χ2v) is 8.05. The van der Waals surface area contributed by atoms with Crippen molar-refractivity contribution in [1.29, 1.82) is 0 Å². The van der Waals surface area contributed by atoms with E-state index >= 15 is 0 Å². The van der Waals surface area contributed by atoms with Crippen LogP contribution in [0.25, 0.3) is 10.2 Å². The van der Waals surface area contributed by atoms with Crippen LogP contribution in [-0.2, 0) is 0 Å². The number of para-hydroxylation sites is 1. The second kappa shape index (κ2) is 6.86. The molecule has 0 fully saturated rings. The summed E-state index contributed by atoms with van der Waals surface area (Å²) >= 11 is 1.56. The molecule has 5 rings (SSSR count). The first kappa shape index (κ1) is 17.6. The van der Waals surface area contributed by atoms with Crippen LogP contribution in [0.15, 0.2) is 69.0 Å². The predicted molar refractivity (Wildman–Crippen MR) is 117 cm³/mol. The van der Waals surface area contributed by atoms with E-state index in [9.17, 15) is 4.79 Å².